The maximum atomic E-state index is 11.1. The minimum atomic E-state index is -0.299. The molecule has 0 aliphatic carbocycles. The van der Waals surface area contributed by atoms with Crippen molar-refractivity contribution in [2.24, 2.45) is 0 Å². The Kier molecular flexibility index (Phi) is 4.63. The van der Waals surface area contributed by atoms with Crippen LogP contribution in [0.2, 0.25) is 5.02 Å². The lowest BCUT2D eigenvalue weighted by molar-refractivity contribution is -0.140. The lowest BCUT2D eigenvalue weighted by Crippen LogP contribution is -2.12. The highest BCUT2D eigenvalue weighted by Crippen LogP contribution is 2.34. The Bertz CT molecular complexity index is 447. The number of hydrogen-bond donors (Lipinski definition) is 1. The van der Waals surface area contributed by atoms with E-state index in [4.69, 9.17) is 11.6 Å². The van der Waals surface area contributed by atoms with Gasteiger partial charge in [0.05, 0.1) is 12.1 Å². The molecule has 1 aromatic carbocycles. The average molecular weight is 271 g/mol. The summed E-state index contributed by atoms with van der Waals surface area (Å²) in [5, 5.41) is 10.2. The molecule has 0 heterocycles. The van der Waals surface area contributed by atoms with Gasteiger partial charge in [0.15, 0.2) is 0 Å². The molecule has 1 rings (SSSR count). The highest BCUT2D eigenvalue weighted by molar-refractivity contribution is 6.32. The van der Waals surface area contributed by atoms with Gasteiger partial charge in [0.2, 0.25) is 0 Å². The van der Waals surface area contributed by atoms with Crippen LogP contribution in [0, 0.1) is 0 Å². The van der Waals surface area contributed by atoms with Gasteiger partial charge in [0.25, 0.3) is 0 Å². The fourth-order valence-electron chi connectivity index (χ4n) is 1.62. The van der Waals surface area contributed by atoms with Crippen molar-refractivity contribution in [3.8, 4) is 5.75 Å². The van der Waals surface area contributed by atoms with Crippen LogP contribution >= 0.6 is 11.6 Å². The van der Waals surface area contributed by atoms with Crippen LogP contribution in [0.1, 0.15) is 38.3 Å². The van der Waals surface area contributed by atoms with Crippen molar-refractivity contribution in [1.29, 1.82) is 0 Å². The van der Waals surface area contributed by atoms with Crippen LogP contribution in [0.5, 0.6) is 5.75 Å². The fraction of sp³-hybridized carbons (Fsp3) is 0.500. The lowest BCUT2D eigenvalue weighted by Gasteiger charge is -2.21. The van der Waals surface area contributed by atoms with Crippen LogP contribution in [0.3, 0.4) is 0 Å². The van der Waals surface area contributed by atoms with Crippen LogP contribution in [0.25, 0.3) is 0 Å². The summed E-state index contributed by atoms with van der Waals surface area (Å²) >= 11 is 6.01. The van der Waals surface area contributed by atoms with E-state index in [9.17, 15) is 9.90 Å². The largest absolute Gasteiger partial charge is 0.506 e. The number of aryl methyl sites for hydroxylation is 1. The first kappa shape index (κ1) is 14.8. The number of ether oxygens (including phenoxy) is 1. The van der Waals surface area contributed by atoms with Crippen molar-refractivity contribution < 1.29 is 14.6 Å². The summed E-state index contributed by atoms with van der Waals surface area (Å²) < 4.78 is 4.59. The summed E-state index contributed by atoms with van der Waals surface area (Å²) in [4.78, 5) is 11.1. The molecule has 0 aromatic heterocycles. The third-order valence-electron chi connectivity index (χ3n) is 2.83. The molecule has 100 valence electrons. The molecule has 18 heavy (non-hydrogen) atoms. The summed E-state index contributed by atoms with van der Waals surface area (Å²) in [6.45, 7) is 6.21. The van der Waals surface area contributed by atoms with E-state index < -0.39 is 0 Å². The van der Waals surface area contributed by atoms with Gasteiger partial charge in [-0.1, -0.05) is 38.4 Å². The van der Waals surface area contributed by atoms with Crippen molar-refractivity contribution >= 4 is 17.6 Å². The van der Waals surface area contributed by atoms with E-state index in [1.165, 1.54) is 7.11 Å². The number of carbonyl (C=O) groups is 1. The molecule has 0 spiro atoms. The van der Waals surface area contributed by atoms with Crippen molar-refractivity contribution in [2.45, 2.75) is 39.0 Å². The summed E-state index contributed by atoms with van der Waals surface area (Å²) in [5.41, 5.74) is 1.65. The van der Waals surface area contributed by atoms with Crippen LogP contribution in [0.15, 0.2) is 12.1 Å². The van der Waals surface area contributed by atoms with Gasteiger partial charge in [-0.3, -0.25) is 4.79 Å². The Hall–Kier alpha value is -1.22. The third kappa shape index (κ3) is 3.64. The number of carbonyl (C=O) groups excluding carboxylic acids is 1. The maximum absolute atomic E-state index is 11.1. The number of hydrogen-bond acceptors (Lipinski definition) is 3. The second-order valence-electron chi connectivity index (χ2n) is 5.29. The molecular weight excluding hydrogens is 252 g/mol. The molecular formula is C14H19ClO3. The van der Waals surface area contributed by atoms with Crippen molar-refractivity contribution in [3.05, 3.63) is 28.3 Å². The normalized spacial score (nSPS) is 11.4. The molecule has 0 radical (unpaired) electrons. The van der Waals surface area contributed by atoms with Crippen LogP contribution in [-0.4, -0.2) is 18.2 Å². The zero-order valence-corrected chi connectivity index (χ0v) is 12.0. The van der Waals surface area contributed by atoms with Crippen molar-refractivity contribution in [3.63, 3.8) is 0 Å². The minimum absolute atomic E-state index is 0.0496. The highest BCUT2D eigenvalue weighted by Gasteiger charge is 2.18. The predicted octanol–water partition coefficient (Wildman–Crippen LogP) is 3.45. The molecule has 0 saturated heterocycles. The van der Waals surface area contributed by atoms with E-state index in [0.29, 0.717) is 17.0 Å². The Morgan fingerprint density at radius 2 is 2.00 bits per heavy atom. The summed E-state index contributed by atoms with van der Waals surface area (Å²) in [7, 11) is 1.35. The van der Waals surface area contributed by atoms with Gasteiger partial charge in [-0.25, -0.2) is 0 Å². The van der Waals surface area contributed by atoms with Crippen LogP contribution in [0.4, 0.5) is 0 Å². The lowest BCUT2D eigenvalue weighted by atomic mass is 9.85. The number of rotatable bonds is 3. The number of methoxy groups -OCH3 is 1. The first-order valence-corrected chi connectivity index (χ1v) is 6.22. The quantitative estimate of drug-likeness (QED) is 0.856. The number of esters is 1. The predicted molar refractivity (Wildman–Crippen MR) is 72.2 cm³/mol. The van der Waals surface area contributed by atoms with Crippen LogP contribution in [-0.2, 0) is 21.4 Å². The average Bonchev–Trinajstić information content (AvgIpc) is 2.28. The molecule has 1 aromatic rings. The molecule has 3 nitrogen and oxygen atoms in total. The van der Waals surface area contributed by atoms with Gasteiger partial charge < -0.3 is 9.84 Å². The number of aromatic hydroxyl groups is 1. The zero-order chi connectivity index (χ0) is 13.9. The smallest absolute Gasteiger partial charge is 0.305 e. The Balaban J connectivity index is 3.03. The van der Waals surface area contributed by atoms with Crippen molar-refractivity contribution in [1.82, 2.24) is 0 Å². The first-order chi connectivity index (χ1) is 8.25. The van der Waals surface area contributed by atoms with Crippen molar-refractivity contribution in [2.75, 3.05) is 7.11 Å². The number of phenols is 1. The van der Waals surface area contributed by atoms with Gasteiger partial charge in [-0.05, 0) is 29.0 Å². The zero-order valence-electron chi connectivity index (χ0n) is 11.2. The number of halogens is 1. The monoisotopic (exact) mass is 270 g/mol. The first-order valence-electron chi connectivity index (χ1n) is 5.84. The fourth-order valence-corrected chi connectivity index (χ4v) is 1.86. The maximum Gasteiger partial charge on any atom is 0.305 e. The SMILES string of the molecule is COC(=O)CCc1cc(C(C)(C)C)cc(Cl)c1O. The molecule has 0 saturated carbocycles. The second-order valence-corrected chi connectivity index (χ2v) is 5.70. The standard InChI is InChI=1S/C14H19ClO3/c1-14(2,3)10-7-9(5-6-12(16)18-4)13(17)11(15)8-10/h7-8,17H,5-6H2,1-4H3. The van der Waals surface area contributed by atoms with E-state index in [1.807, 2.05) is 6.07 Å². The Morgan fingerprint density at radius 3 is 2.50 bits per heavy atom. The highest BCUT2D eigenvalue weighted by atomic mass is 35.5. The molecule has 0 atom stereocenters. The van der Waals surface area contributed by atoms with Gasteiger partial charge >= 0.3 is 5.97 Å². The van der Waals surface area contributed by atoms with Gasteiger partial charge in [-0.15, -0.1) is 0 Å². The van der Waals surface area contributed by atoms with Gasteiger partial charge in [-0.2, -0.15) is 0 Å². The summed E-state index contributed by atoms with van der Waals surface area (Å²) in [6, 6.07) is 3.66. The number of benzene rings is 1. The molecule has 4 heteroatoms. The van der Waals surface area contributed by atoms with E-state index in [-0.39, 0.29) is 23.6 Å². The van der Waals surface area contributed by atoms with E-state index in [2.05, 4.69) is 25.5 Å². The molecule has 0 bridgehead atoms. The Labute approximate surface area is 113 Å². The molecule has 0 unspecified atom stereocenters. The number of phenolic OH excluding ortho intramolecular Hbond substituents is 1. The van der Waals surface area contributed by atoms with Gasteiger partial charge in [0, 0.05) is 6.42 Å². The Morgan fingerprint density at radius 1 is 1.39 bits per heavy atom. The minimum Gasteiger partial charge on any atom is -0.506 e. The third-order valence-corrected chi connectivity index (χ3v) is 3.12. The summed E-state index contributed by atoms with van der Waals surface area (Å²) in [6.07, 6.45) is 0.649. The van der Waals surface area contributed by atoms with E-state index in [0.717, 1.165) is 5.56 Å². The molecule has 0 aliphatic rings. The molecule has 0 fully saturated rings. The van der Waals surface area contributed by atoms with E-state index >= 15 is 0 Å². The second kappa shape index (κ2) is 5.61. The topological polar surface area (TPSA) is 46.5 Å². The molecule has 1 N–H and O–H groups in total. The molecule has 0 aliphatic heterocycles. The summed E-state index contributed by atoms with van der Waals surface area (Å²) in [5.74, 6) is -0.250. The van der Waals surface area contributed by atoms with Crippen LogP contribution < -0.4 is 0 Å². The molecule has 0 amide bonds. The van der Waals surface area contributed by atoms with E-state index in [1.54, 1.807) is 6.07 Å². The van der Waals surface area contributed by atoms with Gasteiger partial charge in [0.1, 0.15) is 5.75 Å².